The molecule has 0 saturated carbocycles. The average molecular weight is 262 g/mol. The van der Waals surface area contributed by atoms with Gasteiger partial charge in [-0.05, 0) is 38.3 Å². The number of hydrogen-bond donors (Lipinski definition) is 2. The Bertz CT molecular complexity index is 428. The van der Waals surface area contributed by atoms with Crippen LogP contribution in [0.3, 0.4) is 0 Å². The van der Waals surface area contributed by atoms with Crippen LogP contribution >= 0.6 is 0 Å². The van der Waals surface area contributed by atoms with Gasteiger partial charge in [-0.2, -0.15) is 0 Å². The van der Waals surface area contributed by atoms with Gasteiger partial charge in [0.1, 0.15) is 6.04 Å². The highest BCUT2D eigenvalue weighted by Crippen LogP contribution is 2.14. The first-order chi connectivity index (χ1) is 9.16. The van der Waals surface area contributed by atoms with Crippen molar-refractivity contribution in [1.29, 1.82) is 0 Å². The monoisotopic (exact) mass is 262 g/mol. The van der Waals surface area contributed by atoms with Gasteiger partial charge >= 0.3 is 0 Å². The largest absolute Gasteiger partial charge is 0.376 e. The Kier molecular flexibility index (Phi) is 4.80. The maximum Gasteiger partial charge on any atom is 0.242 e. The summed E-state index contributed by atoms with van der Waals surface area (Å²) in [5.74, 6) is 0.0127. The molecule has 1 aromatic carbocycles. The van der Waals surface area contributed by atoms with Crippen molar-refractivity contribution < 1.29 is 9.53 Å². The molecule has 2 N–H and O–H groups in total. The van der Waals surface area contributed by atoms with Crippen molar-refractivity contribution in [3.05, 3.63) is 29.8 Å². The van der Waals surface area contributed by atoms with Gasteiger partial charge < -0.3 is 15.4 Å². The van der Waals surface area contributed by atoms with Crippen LogP contribution in [0.2, 0.25) is 0 Å². The number of ether oxygens (including phenoxy) is 1. The molecule has 1 aliphatic heterocycles. The Morgan fingerprint density at radius 1 is 1.47 bits per heavy atom. The van der Waals surface area contributed by atoms with Crippen molar-refractivity contribution in [2.45, 2.75) is 38.8 Å². The molecule has 2 unspecified atom stereocenters. The van der Waals surface area contributed by atoms with E-state index in [0.29, 0.717) is 6.54 Å². The predicted molar refractivity (Wildman–Crippen MR) is 76.2 cm³/mol. The Morgan fingerprint density at radius 2 is 2.26 bits per heavy atom. The van der Waals surface area contributed by atoms with Crippen LogP contribution in [0, 0.1) is 6.92 Å². The first-order valence-corrected chi connectivity index (χ1v) is 6.88. The lowest BCUT2D eigenvalue weighted by Gasteiger charge is -2.18. The second-order valence-electron chi connectivity index (χ2n) is 5.06. The zero-order chi connectivity index (χ0) is 13.7. The van der Waals surface area contributed by atoms with Crippen LogP contribution < -0.4 is 10.6 Å². The number of rotatable bonds is 5. The number of amides is 1. The molecule has 19 heavy (non-hydrogen) atoms. The lowest BCUT2D eigenvalue weighted by Crippen LogP contribution is -2.41. The summed E-state index contributed by atoms with van der Waals surface area (Å²) >= 11 is 0. The minimum atomic E-state index is -0.248. The van der Waals surface area contributed by atoms with E-state index >= 15 is 0 Å². The summed E-state index contributed by atoms with van der Waals surface area (Å²) in [5, 5.41) is 6.17. The molecule has 1 aliphatic rings. The fourth-order valence-electron chi connectivity index (χ4n) is 2.21. The number of para-hydroxylation sites is 1. The molecule has 1 fully saturated rings. The van der Waals surface area contributed by atoms with Crippen LogP contribution in [-0.4, -0.2) is 31.2 Å². The number of benzene rings is 1. The number of nitrogens with one attached hydrogen (secondary N) is 2. The number of anilines is 1. The minimum absolute atomic E-state index is 0.0127. The molecule has 2 rings (SSSR count). The standard InChI is InChI=1S/C15H22N2O2/c1-11-6-3-4-8-14(11)17-12(2)15(18)16-10-13-7-5-9-19-13/h3-4,6,8,12-13,17H,5,7,9-10H2,1-2H3,(H,16,18). The van der Waals surface area contributed by atoms with Gasteiger partial charge in [-0.3, -0.25) is 4.79 Å². The van der Waals surface area contributed by atoms with Crippen LogP contribution in [0.15, 0.2) is 24.3 Å². The van der Waals surface area contributed by atoms with Crippen LogP contribution in [0.25, 0.3) is 0 Å². The summed E-state index contributed by atoms with van der Waals surface area (Å²) in [6.07, 6.45) is 2.33. The molecule has 104 valence electrons. The lowest BCUT2D eigenvalue weighted by molar-refractivity contribution is -0.122. The molecule has 0 radical (unpaired) electrons. The molecule has 0 aromatic heterocycles. The third-order valence-corrected chi connectivity index (χ3v) is 3.44. The van der Waals surface area contributed by atoms with Crippen LogP contribution in [0.5, 0.6) is 0 Å². The van der Waals surface area contributed by atoms with Gasteiger partial charge in [0.2, 0.25) is 5.91 Å². The Hall–Kier alpha value is -1.55. The van der Waals surface area contributed by atoms with Crippen molar-refractivity contribution in [3.63, 3.8) is 0 Å². The first-order valence-electron chi connectivity index (χ1n) is 6.88. The summed E-state index contributed by atoms with van der Waals surface area (Å²) in [4.78, 5) is 12.0. The zero-order valence-electron chi connectivity index (χ0n) is 11.6. The highest BCUT2D eigenvalue weighted by atomic mass is 16.5. The minimum Gasteiger partial charge on any atom is -0.376 e. The summed E-state index contributed by atoms with van der Waals surface area (Å²) in [7, 11) is 0. The Balaban J connectivity index is 1.80. The van der Waals surface area contributed by atoms with E-state index in [1.54, 1.807) is 0 Å². The lowest BCUT2D eigenvalue weighted by atomic mass is 10.2. The van der Waals surface area contributed by atoms with E-state index in [2.05, 4.69) is 10.6 Å². The summed E-state index contributed by atoms with van der Waals surface area (Å²) in [6, 6.07) is 7.72. The van der Waals surface area contributed by atoms with Gasteiger partial charge in [0.25, 0.3) is 0 Å². The highest BCUT2D eigenvalue weighted by molar-refractivity contribution is 5.84. The molecule has 0 spiro atoms. The summed E-state index contributed by atoms with van der Waals surface area (Å²) in [5.41, 5.74) is 2.14. The van der Waals surface area contributed by atoms with E-state index in [-0.39, 0.29) is 18.1 Å². The number of aryl methyl sites for hydroxylation is 1. The molecule has 0 bridgehead atoms. The maximum atomic E-state index is 12.0. The van der Waals surface area contributed by atoms with Crippen molar-refractivity contribution in [1.82, 2.24) is 5.32 Å². The second-order valence-corrected chi connectivity index (χ2v) is 5.06. The first kappa shape index (κ1) is 13.9. The normalized spacial score (nSPS) is 20.0. The molecule has 1 heterocycles. The smallest absolute Gasteiger partial charge is 0.242 e. The number of carbonyl (C=O) groups excluding carboxylic acids is 1. The van der Waals surface area contributed by atoms with E-state index < -0.39 is 0 Å². The molecular weight excluding hydrogens is 240 g/mol. The summed E-state index contributed by atoms with van der Waals surface area (Å²) < 4.78 is 5.49. The van der Waals surface area contributed by atoms with Crippen molar-refractivity contribution in [2.75, 3.05) is 18.5 Å². The SMILES string of the molecule is Cc1ccccc1NC(C)C(=O)NCC1CCCO1. The third-order valence-electron chi connectivity index (χ3n) is 3.44. The Labute approximate surface area is 114 Å². The van der Waals surface area contributed by atoms with Crippen LogP contribution in [0.4, 0.5) is 5.69 Å². The van der Waals surface area contributed by atoms with Crippen molar-refractivity contribution in [3.8, 4) is 0 Å². The van der Waals surface area contributed by atoms with E-state index in [4.69, 9.17) is 4.74 Å². The molecule has 4 heteroatoms. The van der Waals surface area contributed by atoms with Gasteiger partial charge in [0.15, 0.2) is 0 Å². The zero-order valence-corrected chi connectivity index (χ0v) is 11.6. The van der Waals surface area contributed by atoms with Crippen LogP contribution in [0.1, 0.15) is 25.3 Å². The molecule has 1 aromatic rings. The molecule has 1 saturated heterocycles. The predicted octanol–water partition coefficient (Wildman–Crippen LogP) is 2.09. The van der Waals surface area contributed by atoms with Gasteiger partial charge in [0, 0.05) is 18.8 Å². The molecule has 0 aliphatic carbocycles. The molecule has 4 nitrogen and oxygen atoms in total. The molecule has 1 amide bonds. The molecule has 2 atom stereocenters. The van der Waals surface area contributed by atoms with Gasteiger partial charge in [0.05, 0.1) is 6.10 Å². The number of carbonyl (C=O) groups is 1. The topological polar surface area (TPSA) is 50.4 Å². The maximum absolute atomic E-state index is 12.0. The Morgan fingerprint density at radius 3 is 2.95 bits per heavy atom. The molecular formula is C15H22N2O2. The fraction of sp³-hybridized carbons (Fsp3) is 0.533. The van der Waals surface area contributed by atoms with Crippen molar-refractivity contribution in [2.24, 2.45) is 0 Å². The quantitative estimate of drug-likeness (QED) is 0.854. The van der Waals surface area contributed by atoms with Gasteiger partial charge in [-0.25, -0.2) is 0 Å². The van der Waals surface area contributed by atoms with Gasteiger partial charge in [-0.1, -0.05) is 18.2 Å². The third kappa shape index (κ3) is 3.96. The fourth-order valence-corrected chi connectivity index (χ4v) is 2.21. The van der Waals surface area contributed by atoms with Gasteiger partial charge in [-0.15, -0.1) is 0 Å². The second kappa shape index (κ2) is 6.57. The van der Waals surface area contributed by atoms with E-state index in [0.717, 1.165) is 30.7 Å². The number of hydrogen-bond acceptors (Lipinski definition) is 3. The van der Waals surface area contributed by atoms with Crippen LogP contribution in [-0.2, 0) is 9.53 Å². The van der Waals surface area contributed by atoms with E-state index in [1.807, 2.05) is 38.1 Å². The van der Waals surface area contributed by atoms with Crippen molar-refractivity contribution >= 4 is 11.6 Å². The highest BCUT2D eigenvalue weighted by Gasteiger charge is 2.18. The summed E-state index contributed by atoms with van der Waals surface area (Å²) in [6.45, 7) is 5.33. The average Bonchev–Trinajstić information content (AvgIpc) is 2.91. The van der Waals surface area contributed by atoms with E-state index in [1.165, 1.54) is 0 Å². The van der Waals surface area contributed by atoms with E-state index in [9.17, 15) is 4.79 Å².